The van der Waals surface area contributed by atoms with Gasteiger partial charge in [-0.2, -0.15) is 4.39 Å². The first-order valence-electron chi connectivity index (χ1n) is 15.2. The largest absolute Gasteiger partial charge is 0.490 e. The molecule has 4 atom stereocenters. The fourth-order valence-electron chi connectivity index (χ4n) is 7.68. The normalized spacial score (nSPS) is 31.2. The van der Waals surface area contributed by atoms with Gasteiger partial charge in [-0.15, -0.1) is 0 Å². The Morgan fingerprint density at radius 1 is 0.686 bits per heavy atom. The van der Waals surface area contributed by atoms with Gasteiger partial charge in [0.2, 0.25) is 5.82 Å². The number of hydrogen-bond acceptors (Lipinski definition) is 1. The van der Waals surface area contributed by atoms with Crippen LogP contribution in [0.4, 0.5) is 8.78 Å². The third kappa shape index (κ3) is 7.22. The average molecular weight is 489 g/mol. The number of ether oxygens (including phenoxy) is 1. The van der Waals surface area contributed by atoms with Crippen LogP contribution >= 0.6 is 0 Å². The predicted octanol–water partition coefficient (Wildman–Crippen LogP) is 10.2. The number of hydrogen-bond donors (Lipinski definition) is 0. The maximum Gasteiger partial charge on any atom is 0.200 e. The second kappa shape index (κ2) is 13.4. The minimum absolute atomic E-state index is 0.0623. The summed E-state index contributed by atoms with van der Waals surface area (Å²) in [5.74, 6) is 3.16. The van der Waals surface area contributed by atoms with E-state index in [1.165, 1.54) is 89.9 Å². The lowest BCUT2D eigenvalue weighted by atomic mass is 9.63. The SMILES string of the molecule is CCCCCC1CCC(CCC2CCC3CC(c4ccc(OCCC)c(F)c4F)CCC3C2)CC1. The van der Waals surface area contributed by atoms with Gasteiger partial charge in [0.25, 0.3) is 0 Å². The van der Waals surface area contributed by atoms with E-state index in [1.807, 2.05) is 6.92 Å². The molecule has 0 heterocycles. The molecule has 4 unspecified atom stereocenters. The molecule has 0 N–H and O–H groups in total. The molecular weight excluding hydrogens is 438 g/mol. The molecule has 4 rings (SSSR count). The number of halogens is 2. The Kier molecular flexibility index (Phi) is 10.3. The second-order valence-electron chi connectivity index (χ2n) is 12.3. The molecule has 35 heavy (non-hydrogen) atoms. The molecule has 3 fully saturated rings. The summed E-state index contributed by atoms with van der Waals surface area (Å²) in [4.78, 5) is 0. The molecular formula is C32H50F2O. The molecule has 1 aromatic carbocycles. The lowest BCUT2D eigenvalue weighted by Crippen LogP contribution is -2.31. The summed E-state index contributed by atoms with van der Waals surface area (Å²) in [7, 11) is 0. The topological polar surface area (TPSA) is 9.23 Å². The molecule has 198 valence electrons. The van der Waals surface area contributed by atoms with Crippen LogP contribution in [0.2, 0.25) is 0 Å². The Morgan fingerprint density at radius 3 is 2.09 bits per heavy atom. The predicted molar refractivity (Wildman–Crippen MR) is 142 cm³/mol. The van der Waals surface area contributed by atoms with E-state index in [9.17, 15) is 8.78 Å². The van der Waals surface area contributed by atoms with E-state index in [4.69, 9.17) is 4.74 Å². The van der Waals surface area contributed by atoms with E-state index in [-0.39, 0.29) is 11.7 Å². The van der Waals surface area contributed by atoms with Crippen molar-refractivity contribution in [2.45, 2.75) is 129 Å². The lowest BCUT2D eigenvalue weighted by Gasteiger charge is -2.43. The number of fused-ring (bicyclic) bond motifs is 1. The first-order valence-corrected chi connectivity index (χ1v) is 15.2. The number of rotatable bonds is 11. The van der Waals surface area contributed by atoms with E-state index >= 15 is 0 Å². The van der Waals surface area contributed by atoms with E-state index in [2.05, 4.69) is 6.92 Å². The van der Waals surface area contributed by atoms with Gasteiger partial charge in [-0.1, -0.05) is 90.5 Å². The van der Waals surface area contributed by atoms with Crippen molar-refractivity contribution < 1.29 is 13.5 Å². The lowest BCUT2D eigenvalue weighted by molar-refractivity contribution is 0.107. The minimum Gasteiger partial charge on any atom is -0.490 e. The highest BCUT2D eigenvalue weighted by molar-refractivity contribution is 5.33. The van der Waals surface area contributed by atoms with Crippen molar-refractivity contribution in [3.8, 4) is 5.75 Å². The molecule has 3 heteroatoms. The van der Waals surface area contributed by atoms with Crippen molar-refractivity contribution in [1.82, 2.24) is 0 Å². The third-order valence-electron chi connectivity index (χ3n) is 9.87. The molecule has 3 aliphatic rings. The fraction of sp³-hybridized carbons (Fsp3) is 0.812. The van der Waals surface area contributed by atoms with Crippen molar-refractivity contribution in [3.05, 3.63) is 29.3 Å². The Hall–Kier alpha value is -1.12. The highest BCUT2D eigenvalue weighted by atomic mass is 19.2. The highest BCUT2D eigenvalue weighted by Crippen LogP contribution is 2.49. The Labute approximate surface area is 213 Å². The monoisotopic (exact) mass is 488 g/mol. The molecule has 0 radical (unpaired) electrons. The van der Waals surface area contributed by atoms with Crippen molar-refractivity contribution in [2.24, 2.45) is 29.6 Å². The number of benzene rings is 1. The van der Waals surface area contributed by atoms with E-state index in [0.29, 0.717) is 18.1 Å². The van der Waals surface area contributed by atoms with Gasteiger partial charge in [-0.25, -0.2) is 4.39 Å². The molecule has 0 spiro atoms. The molecule has 0 aromatic heterocycles. The molecule has 3 saturated carbocycles. The van der Waals surface area contributed by atoms with Gasteiger partial charge in [0.05, 0.1) is 6.61 Å². The van der Waals surface area contributed by atoms with Crippen molar-refractivity contribution in [3.63, 3.8) is 0 Å². The third-order valence-corrected chi connectivity index (χ3v) is 9.87. The van der Waals surface area contributed by atoms with Gasteiger partial charge in [-0.05, 0) is 85.7 Å². The first kappa shape index (κ1) is 26.9. The first-order chi connectivity index (χ1) is 17.1. The van der Waals surface area contributed by atoms with Gasteiger partial charge >= 0.3 is 0 Å². The van der Waals surface area contributed by atoms with Crippen LogP contribution in [-0.2, 0) is 0 Å². The average Bonchev–Trinajstić information content (AvgIpc) is 2.89. The second-order valence-corrected chi connectivity index (χ2v) is 12.3. The molecule has 1 nitrogen and oxygen atoms in total. The highest BCUT2D eigenvalue weighted by Gasteiger charge is 2.37. The zero-order valence-electron chi connectivity index (χ0n) is 22.5. The van der Waals surface area contributed by atoms with Crippen LogP contribution in [0.15, 0.2) is 12.1 Å². The molecule has 1 aromatic rings. The summed E-state index contributed by atoms with van der Waals surface area (Å²) in [5, 5.41) is 0. The van der Waals surface area contributed by atoms with Crippen molar-refractivity contribution in [2.75, 3.05) is 6.61 Å². The van der Waals surface area contributed by atoms with Gasteiger partial charge in [-0.3, -0.25) is 0 Å². The quantitative estimate of drug-likeness (QED) is 0.281. The van der Waals surface area contributed by atoms with Crippen LogP contribution < -0.4 is 4.74 Å². The van der Waals surface area contributed by atoms with Crippen LogP contribution in [0.3, 0.4) is 0 Å². The summed E-state index contributed by atoms with van der Waals surface area (Å²) >= 11 is 0. The Bertz CT molecular complexity index is 769. The van der Waals surface area contributed by atoms with Crippen LogP contribution in [0.25, 0.3) is 0 Å². The maximum atomic E-state index is 14.9. The van der Waals surface area contributed by atoms with Gasteiger partial charge < -0.3 is 4.74 Å². The van der Waals surface area contributed by atoms with Crippen LogP contribution in [0.1, 0.15) is 134 Å². The van der Waals surface area contributed by atoms with Crippen LogP contribution in [0, 0.1) is 41.2 Å². The molecule has 0 amide bonds. The van der Waals surface area contributed by atoms with E-state index < -0.39 is 11.6 Å². The molecule has 0 bridgehead atoms. The van der Waals surface area contributed by atoms with Crippen LogP contribution in [-0.4, -0.2) is 6.61 Å². The summed E-state index contributed by atoms with van der Waals surface area (Å²) in [6.45, 7) is 4.69. The van der Waals surface area contributed by atoms with Gasteiger partial charge in [0.1, 0.15) is 0 Å². The van der Waals surface area contributed by atoms with Crippen molar-refractivity contribution >= 4 is 0 Å². The Balaban J connectivity index is 1.20. The van der Waals surface area contributed by atoms with Crippen LogP contribution in [0.5, 0.6) is 5.75 Å². The molecule has 0 aliphatic heterocycles. The van der Waals surface area contributed by atoms with Gasteiger partial charge in [0, 0.05) is 0 Å². The summed E-state index contributed by atoms with van der Waals surface area (Å²) < 4.78 is 34.8. The van der Waals surface area contributed by atoms with E-state index in [1.54, 1.807) is 12.1 Å². The summed E-state index contributed by atoms with van der Waals surface area (Å²) in [6, 6.07) is 3.43. The van der Waals surface area contributed by atoms with Crippen molar-refractivity contribution in [1.29, 1.82) is 0 Å². The fourth-order valence-corrected chi connectivity index (χ4v) is 7.68. The smallest absolute Gasteiger partial charge is 0.200 e. The zero-order valence-corrected chi connectivity index (χ0v) is 22.5. The van der Waals surface area contributed by atoms with Gasteiger partial charge in [0.15, 0.2) is 11.6 Å². The summed E-state index contributed by atoms with van der Waals surface area (Å²) in [5.41, 5.74) is 0.581. The maximum absolute atomic E-state index is 14.9. The Morgan fingerprint density at radius 2 is 1.34 bits per heavy atom. The standard InChI is InChI=1S/C32H50F2O/c1-3-5-6-7-23-8-10-24(11-9-23)12-13-25-14-15-27-22-28(17-16-26(27)21-25)29-18-19-30(35-20-4-2)32(34)31(29)33/h18-19,23-28H,3-17,20-22H2,1-2H3. The number of unbranched alkanes of at least 4 members (excludes halogenated alkanes) is 2. The summed E-state index contributed by atoms with van der Waals surface area (Å²) in [6.07, 6.45) is 22.5. The minimum atomic E-state index is -0.795. The van der Waals surface area contributed by atoms with E-state index in [0.717, 1.165) is 42.9 Å². The zero-order chi connectivity index (χ0) is 24.6. The molecule has 3 aliphatic carbocycles. The molecule has 0 saturated heterocycles.